The molecule has 0 saturated heterocycles. The molecule has 2 radical (unpaired) electrons. The maximum absolute atomic E-state index is 6.69. The van der Waals surface area contributed by atoms with Crippen molar-refractivity contribution in [1.82, 2.24) is 0 Å². The van der Waals surface area contributed by atoms with Gasteiger partial charge in [-0.15, -0.1) is 0 Å². The smallest absolute Gasteiger partial charge is 0.0842 e. The summed E-state index contributed by atoms with van der Waals surface area (Å²) >= 11 is 6.69. The molecule has 0 atom stereocenters. The lowest BCUT2D eigenvalue weighted by atomic mass is 10.0. The van der Waals surface area contributed by atoms with E-state index in [9.17, 15) is 0 Å². The van der Waals surface area contributed by atoms with Gasteiger partial charge in [-0.2, -0.15) is 0 Å². The Bertz CT molecular complexity index is 685. The fraction of sp³-hybridized carbons (Fsp3) is 0.400. The van der Waals surface area contributed by atoms with Crippen LogP contribution in [0.3, 0.4) is 0 Å². The number of hydrogen-bond acceptors (Lipinski definition) is 0. The Kier molecular flexibility index (Phi) is 5.93. The zero-order valence-corrected chi connectivity index (χ0v) is 17.9. The van der Waals surface area contributed by atoms with Crippen LogP contribution >= 0.6 is 11.6 Å². The molecule has 0 aromatic heterocycles. The first-order valence-corrected chi connectivity index (χ1v) is 13.2. The summed E-state index contributed by atoms with van der Waals surface area (Å²) in [6, 6.07) is 13.6. The Morgan fingerprint density at radius 3 is 2.39 bits per heavy atom. The van der Waals surface area contributed by atoms with Gasteiger partial charge in [0.05, 0.1) is 8.07 Å². The van der Waals surface area contributed by atoms with Gasteiger partial charge in [0.25, 0.3) is 0 Å². The van der Waals surface area contributed by atoms with E-state index in [2.05, 4.69) is 76.8 Å². The van der Waals surface area contributed by atoms with Gasteiger partial charge >= 0.3 is 0 Å². The maximum Gasteiger partial charge on any atom is 0.123 e. The van der Waals surface area contributed by atoms with Crippen molar-refractivity contribution in [2.75, 3.05) is 0 Å². The van der Waals surface area contributed by atoms with Gasteiger partial charge in [0.2, 0.25) is 0 Å². The van der Waals surface area contributed by atoms with Crippen LogP contribution in [0.1, 0.15) is 25.0 Å². The summed E-state index contributed by atoms with van der Waals surface area (Å²) in [6.45, 7) is 13.9. The van der Waals surface area contributed by atoms with E-state index in [1.807, 2.05) is 0 Å². The van der Waals surface area contributed by atoms with Crippen LogP contribution in [0.25, 0.3) is 0 Å². The molecule has 0 aliphatic rings. The largest absolute Gasteiger partial charge is 0.123 e. The van der Waals surface area contributed by atoms with Gasteiger partial charge in [0, 0.05) is 5.02 Å². The quantitative estimate of drug-likeness (QED) is 0.707. The average Bonchev–Trinajstić information content (AvgIpc) is 2.41. The molecule has 2 aromatic carbocycles. The Hall–Kier alpha value is -0.836. The number of hydrogen-bond donors (Lipinski definition) is 0. The third kappa shape index (κ3) is 5.07. The van der Waals surface area contributed by atoms with Crippen molar-refractivity contribution in [2.45, 2.75) is 46.8 Å². The summed E-state index contributed by atoms with van der Waals surface area (Å²) in [5.74, 6) is 0.628. The number of halogens is 1. The first-order valence-electron chi connectivity index (χ1n) is 8.33. The second kappa shape index (κ2) is 7.37. The zero-order valence-electron chi connectivity index (χ0n) is 15.1. The molecule has 0 heterocycles. The molecule has 0 bridgehead atoms. The molecule has 3 heteroatoms. The zero-order chi connectivity index (χ0) is 17.2. The van der Waals surface area contributed by atoms with Crippen molar-refractivity contribution >= 4 is 44.8 Å². The minimum atomic E-state index is -1.29. The summed E-state index contributed by atoms with van der Waals surface area (Å²) in [6.07, 6.45) is 1.05. The summed E-state index contributed by atoms with van der Waals surface area (Å²) < 4.78 is 0. The van der Waals surface area contributed by atoms with Gasteiger partial charge in [0.1, 0.15) is 9.52 Å². The monoisotopic (exact) mass is 358 g/mol. The molecule has 0 aliphatic heterocycles. The predicted octanol–water partition coefficient (Wildman–Crippen LogP) is 4.05. The van der Waals surface area contributed by atoms with Crippen LogP contribution in [-0.4, -0.2) is 17.6 Å². The molecule has 0 saturated carbocycles. The highest BCUT2D eigenvalue weighted by Crippen LogP contribution is 2.17. The Balaban J connectivity index is 2.34. The molecule has 0 aliphatic carbocycles. The minimum absolute atomic E-state index is 0.628. The van der Waals surface area contributed by atoms with Gasteiger partial charge < -0.3 is 0 Å². The SMILES string of the molecule is Cc1cc([Si]c2cccc(CC(C)C)c2Cl)cc([Si](C)(C)C)c1. The number of rotatable bonds is 5. The number of benzene rings is 2. The van der Waals surface area contributed by atoms with E-state index in [-0.39, 0.29) is 0 Å². The highest BCUT2D eigenvalue weighted by atomic mass is 35.5. The maximum atomic E-state index is 6.69. The topological polar surface area (TPSA) is 0 Å². The summed E-state index contributed by atoms with van der Waals surface area (Å²) in [7, 11) is -0.657. The molecule has 0 nitrogen and oxygen atoms in total. The molecule has 0 N–H and O–H groups in total. The van der Waals surface area contributed by atoms with Crippen LogP contribution in [0.15, 0.2) is 36.4 Å². The van der Waals surface area contributed by atoms with Crippen molar-refractivity contribution in [3.63, 3.8) is 0 Å². The van der Waals surface area contributed by atoms with Gasteiger partial charge in [-0.05, 0) is 30.0 Å². The average molecular weight is 359 g/mol. The first kappa shape index (κ1) is 18.5. The van der Waals surface area contributed by atoms with Gasteiger partial charge in [-0.3, -0.25) is 0 Å². The van der Waals surface area contributed by atoms with Crippen LogP contribution in [-0.2, 0) is 6.42 Å². The fourth-order valence-electron chi connectivity index (χ4n) is 2.72. The van der Waals surface area contributed by atoms with E-state index in [0.717, 1.165) is 11.4 Å². The molecule has 0 amide bonds. The van der Waals surface area contributed by atoms with E-state index in [4.69, 9.17) is 11.6 Å². The van der Waals surface area contributed by atoms with E-state index in [1.54, 1.807) is 0 Å². The predicted molar refractivity (Wildman–Crippen MR) is 109 cm³/mol. The van der Waals surface area contributed by atoms with Crippen molar-refractivity contribution in [1.29, 1.82) is 0 Å². The second-order valence-electron chi connectivity index (χ2n) is 7.84. The summed E-state index contributed by atoms with van der Waals surface area (Å²) in [5.41, 5.74) is 2.65. The molecule has 2 rings (SSSR count). The lowest BCUT2D eigenvalue weighted by Gasteiger charge is -2.19. The standard InChI is InChI=1S/C20H27ClSi2/c1-14(2)10-16-8-7-9-19(20(16)21)22-17-11-15(3)12-18(13-17)23(4,5)6/h7-9,11-14H,10H2,1-6H3. The van der Waals surface area contributed by atoms with Crippen LogP contribution in [0.5, 0.6) is 0 Å². The van der Waals surface area contributed by atoms with E-state index >= 15 is 0 Å². The van der Waals surface area contributed by atoms with Crippen molar-refractivity contribution < 1.29 is 0 Å². The van der Waals surface area contributed by atoms with Gasteiger partial charge in [0.15, 0.2) is 0 Å². The molecule has 0 spiro atoms. The van der Waals surface area contributed by atoms with Crippen molar-refractivity contribution in [2.24, 2.45) is 5.92 Å². The third-order valence-electron chi connectivity index (χ3n) is 3.93. The van der Waals surface area contributed by atoms with Crippen LogP contribution in [0, 0.1) is 12.8 Å². The molecular weight excluding hydrogens is 332 g/mol. The lowest BCUT2D eigenvalue weighted by Crippen LogP contribution is -2.41. The summed E-state index contributed by atoms with van der Waals surface area (Å²) in [5, 5.41) is 5.19. The molecular formula is C20H27ClSi2. The highest BCUT2D eigenvalue weighted by molar-refractivity contribution is 6.89. The molecule has 23 heavy (non-hydrogen) atoms. The number of aryl methyl sites for hydroxylation is 1. The fourth-order valence-corrected chi connectivity index (χ4v) is 5.74. The molecule has 0 fully saturated rings. The van der Waals surface area contributed by atoms with Gasteiger partial charge in [-0.1, -0.05) is 97.4 Å². The normalized spacial score (nSPS) is 12.0. The lowest BCUT2D eigenvalue weighted by molar-refractivity contribution is 0.647. The Labute approximate surface area is 150 Å². The van der Waals surface area contributed by atoms with E-state index in [1.165, 1.54) is 26.7 Å². The molecule has 0 unspecified atom stereocenters. The third-order valence-corrected chi connectivity index (χ3v) is 7.82. The van der Waals surface area contributed by atoms with Crippen LogP contribution in [0.4, 0.5) is 0 Å². The van der Waals surface area contributed by atoms with E-state index < -0.39 is 8.07 Å². The van der Waals surface area contributed by atoms with Crippen LogP contribution in [0.2, 0.25) is 24.7 Å². The van der Waals surface area contributed by atoms with Gasteiger partial charge in [-0.25, -0.2) is 0 Å². The van der Waals surface area contributed by atoms with Crippen molar-refractivity contribution in [3.8, 4) is 0 Å². The van der Waals surface area contributed by atoms with E-state index in [0.29, 0.717) is 15.4 Å². The van der Waals surface area contributed by atoms with Crippen molar-refractivity contribution in [3.05, 3.63) is 52.5 Å². The minimum Gasteiger partial charge on any atom is -0.0842 e. The molecule has 2 aromatic rings. The van der Waals surface area contributed by atoms with Crippen LogP contribution < -0.4 is 15.6 Å². The Morgan fingerprint density at radius 1 is 1.09 bits per heavy atom. The Morgan fingerprint density at radius 2 is 1.78 bits per heavy atom. The first-order chi connectivity index (χ1) is 10.7. The highest BCUT2D eigenvalue weighted by Gasteiger charge is 2.18. The summed E-state index contributed by atoms with van der Waals surface area (Å²) in [4.78, 5) is 0. The molecule has 122 valence electrons. The second-order valence-corrected chi connectivity index (χ2v) is 14.7.